The molecule has 0 aromatic heterocycles. The van der Waals surface area contributed by atoms with E-state index in [1.165, 1.54) is 18.4 Å². The molecule has 0 saturated heterocycles. The van der Waals surface area contributed by atoms with Crippen LogP contribution in [0.15, 0.2) is 24.3 Å². The first-order chi connectivity index (χ1) is 9.63. The minimum absolute atomic E-state index is 0.347. The van der Waals surface area contributed by atoms with Crippen molar-refractivity contribution in [1.29, 1.82) is 0 Å². The Labute approximate surface area is 122 Å². The Balaban J connectivity index is 1.64. The SMILES string of the molecule is Cc1cccc(NCC(O)COC2CCC(C)CC2)c1. The highest BCUT2D eigenvalue weighted by Crippen LogP contribution is 2.25. The van der Waals surface area contributed by atoms with Gasteiger partial charge in [0.25, 0.3) is 0 Å². The van der Waals surface area contributed by atoms with Gasteiger partial charge < -0.3 is 15.2 Å². The molecule has 3 heteroatoms. The summed E-state index contributed by atoms with van der Waals surface area (Å²) in [7, 11) is 0. The first-order valence-corrected chi connectivity index (χ1v) is 7.73. The lowest BCUT2D eigenvalue weighted by atomic mass is 9.89. The zero-order valence-electron chi connectivity index (χ0n) is 12.6. The molecule has 0 bridgehead atoms. The number of nitrogens with one attached hydrogen (secondary N) is 1. The molecular formula is C17H27NO2. The molecule has 0 heterocycles. The normalized spacial score (nSPS) is 24.4. The van der Waals surface area contributed by atoms with Gasteiger partial charge in [-0.1, -0.05) is 19.1 Å². The third-order valence-electron chi connectivity index (χ3n) is 4.05. The van der Waals surface area contributed by atoms with Crippen LogP contribution in [0.2, 0.25) is 0 Å². The Morgan fingerprint density at radius 2 is 2.05 bits per heavy atom. The second kappa shape index (κ2) is 7.65. The van der Waals surface area contributed by atoms with Crippen molar-refractivity contribution in [2.75, 3.05) is 18.5 Å². The predicted octanol–water partition coefficient (Wildman–Crippen LogP) is 3.36. The van der Waals surface area contributed by atoms with Gasteiger partial charge in [-0.3, -0.25) is 0 Å². The molecule has 1 aliphatic rings. The first kappa shape index (κ1) is 15.3. The summed E-state index contributed by atoms with van der Waals surface area (Å²) in [5.74, 6) is 0.836. The van der Waals surface area contributed by atoms with Crippen molar-refractivity contribution in [3.05, 3.63) is 29.8 Å². The van der Waals surface area contributed by atoms with Gasteiger partial charge in [-0.2, -0.15) is 0 Å². The Morgan fingerprint density at radius 3 is 2.75 bits per heavy atom. The number of rotatable bonds is 6. The van der Waals surface area contributed by atoms with Gasteiger partial charge in [-0.25, -0.2) is 0 Å². The van der Waals surface area contributed by atoms with E-state index in [-0.39, 0.29) is 0 Å². The highest BCUT2D eigenvalue weighted by Gasteiger charge is 2.19. The Kier molecular flexibility index (Phi) is 5.86. The molecule has 1 atom stereocenters. The van der Waals surface area contributed by atoms with E-state index >= 15 is 0 Å². The summed E-state index contributed by atoms with van der Waals surface area (Å²) in [5, 5.41) is 13.2. The number of hydrogen-bond donors (Lipinski definition) is 2. The standard InChI is InChI=1S/C17H27NO2/c1-13-6-8-17(9-7-13)20-12-16(19)11-18-15-5-3-4-14(2)10-15/h3-5,10,13,16-19H,6-9,11-12H2,1-2H3. The molecule has 1 aliphatic carbocycles. The van der Waals surface area contributed by atoms with Gasteiger partial charge in [0.15, 0.2) is 0 Å². The summed E-state index contributed by atoms with van der Waals surface area (Å²) in [6, 6.07) is 8.18. The summed E-state index contributed by atoms with van der Waals surface area (Å²) >= 11 is 0. The molecule has 2 rings (SSSR count). The second-order valence-corrected chi connectivity index (χ2v) is 6.12. The summed E-state index contributed by atoms with van der Waals surface area (Å²) in [6.07, 6.45) is 4.68. The molecule has 1 saturated carbocycles. The van der Waals surface area contributed by atoms with E-state index in [9.17, 15) is 5.11 Å². The number of ether oxygens (including phenoxy) is 1. The molecular weight excluding hydrogens is 250 g/mol. The van der Waals surface area contributed by atoms with Crippen LogP contribution in [0.3, 0.4) is 0 Å². The van der Waals surface area contributed by atoms with E-state index in [4.69, 9.17) is 4.74 Å². The van der Waals surface area contributed by atoms with Crippen molar-refractivity contribution in [3.8, 4) is 0 Å². The third kappa shape index (κ3) is 5.14. The molecule has 0 radical (unpaired) electrons. The molecule has 1 unspecified atom stereocenters. The molecule has 1 aromatic carbocycles. The minimum atomic E-state index is -0.449. The lowest BCUT2D eigenvalue weighted by molar-refractivity contribution is -0.0245. The van der Waals surface area contributed by atoms with Crippen molar-refractivity contribution >= 4 is 5.69 Å². The molecule has 2 N–H and O–H groups in total. The van der Waals surface area contributed by atoms with Crippen LogP contribution >= 0.6 is 0 Å². The summed E-state index contributed by atoms with van der Waals surface area (Å²) in [6.45, 7) is 5.33. The van der Waals surface area contributed by atoms with Crippen molar-refractivity contribution in [2.24, 2.45) is 5.92 Å². The first-order valence-electron chi connectivity index (χ1n) is 7.73. The number of benzene rings is 1. The maximum atomic E-state index is 9.97. The fraction of sp³-hybridized carbons (Fsp3) is 0.647. The fourth-order valence-electron chi connectivity index (χ4n) is 2.69. The molecule has 0 spiro atoms. The zero-order valence-corrected chi connectivity index (χ0v) is 12.6. The van der Waals surface area contributed by atoms with Crippen LogP contribution in [0.4, 0.5) is 5.69 Å². The molecule has 1 fully saturated rings. The Morgan fingerprint density at radius 1 is 1.30 bits per heavy atom. The van der Waals surface area contributed by atoms with E-state index in [2.05, 4.69) is 31.3 Å². The average Bonchev–Trinajstić information content (AvgIpc) is 2.45. The lowest BCUT2D eigenvalue weighted by Gasteiger charge is -2.27. The van der Waals surface area contributed by atoms with Crippen molar-refractivity contribution in [2.45, 2.75) is 51.7 Å². The van der Waals surface area contributed by atoms with E-state index in [0.717, 1.165) is 24.4 Å². The molecule has 3 nitrogen and oxygen atoms in total. The molecule has 20 heavy (non-hydrogen) atoms. The number of aliphatic hydroxyl groups excluding tert-OH is 1. The zero-order chi connectivity index (χ0) is 14.4. The highest BCUT2D eigenvalue weighted by molar-refractivity contribution is 5.45. The number of anilines is 1. The van der Waals surface area contributed by atoms with E-state index < -0.39 is 6.10 Å². The van der Waals surface area contributed by atoms with Crippen LogP contribution in [0.5, 0.6) is 0 Å². The summed E-state index contributed by atoms with van der Waals surface area (Å²) in [4.78, 5) is 0. The maximum absolute atomic E-state index is 9.97. The average molecular weight is 277 g/mol. The van der Waals surface area contributed by atoms with Crippen molar-refractivity contribution < 1.29 is 9.84 Å². The monoisotopic (exact) mass is 277 g/mol. The van der Waals surface area contributed by atoms with Crippen LogP contribution in [-0.4, -0.2) is 30.5 Å². The summed E-state index contributed by atoms with van der Waals surface area (Å²) < 4.78 is 5.82. The van der Waals surface area contributed by atoms with E-state index in [1.54, 1.807) is 0 Å². The van der Waals surface area contributed by atoms with Crippen molar-refractivity contribution in [3.63, 3.8) is 0 Å². The number of aryl methyl sites for hydroxylation is 1. The van der Waals surface area contributed by atoms with Gasteiger partial charge in [0.1, 0.15) is 0 Å². The fourth-order valence-corrected chi connectivity index (χ4v) is 2.69. The third-order valence-corrected chi connectivity index (χ3v) is 4.05. The van der Waals surface area contributed by atoms with Crippen LogP contribution in [0, 0.1) is 12.8 Å². The molecule has 0 amide bonds. The van der Waals surface area contributed by atoms with E-state index in [0.29, 0.717) is 19.3 Å². The summed E-state index contributed by atoms with van der Waals surface area (Å²) in [5.41, 5.74) is 2.27. The van der Waals surface area contributed by atoms with Gasteiger partial charge in [-0.05, 0) is 56.2 Å². The van der Waals surface area contributed by atoms with Crippen LogP contribution in [0.25, 0.3) is 0 Å². The molecule has 1 aromatic rings. The number of hydrogen-bond acceptors (Lipinski definition) is 3. The van der Waals surface area contributed by atoms with Gasteiger partial charge in [0.05, 0.1) is 18.8 Å². The van der Waals surface area contributed by atoms with Crippen LogP contribution in [0.1, 0.15) is 38.2 Å². The second-order valence-electron chi connectivity index (χ2n) is 6.12. The molecule has 112 valence electrons. The van der Waals surface area contributed by atoms with Crippen LogP contribution < -0.4 is 5.32 Å². The van der Waals surface area contributed by atoms with Gasteiger partial charge in [-0.15, -0.1) is 0 Å². The smallest absolute Gasteiger partial charge is 0.0945 e. The van der Waals surface area contributed by atoms with Gasteiger partial charge in [0, 0.05) is 12.2 Å². The van der Waals surface area contributed by atoms with Gasteiger partial charge >= 0.3 is 0 Å². The topological polar surface area (TPSA) is 41.5 Å². The van der Waals surface area contributed by atoms with Gasteiger partial charge in [0.2, 0.25) is 0 Å². The Bertz CT molecular complexity index is 400. The predicted molar refractivity (Wildman–Crippen MR) is 83.0 cm³/mol. The van der Waals surface area contributed by atoms with Crippen LogP contribution in [-0.2, 0) is 4.74 Å². The quantitative estimate of drug-likeness (QED) is 0.837. The van der Waals surface area contributed by atoms with E-state index in [1.807, 2.05) is 12.1 Å². The largest absolute Gasteiger partial charge is 0.389 e. The number of aliphatic hydroxyl groups is 1. The Hall–Kier alpha value is -1.06. The lowest BCUT2D eigenvalue weighted by Crippen LogP contribution is -2.29. The van der Waals surface area contributed by atoms with Crippen molar-refractivity contribution in [1.82, 2.24) is 0 Å². The maximum Gasteiger partial charge on any atom is 0.0945 e. The highest BCUT2D eigenvalue weighted by atomic mass is 16.5. The minimum Gasteiger partial charge on any atom is -0.389 e. The molecule has 0 aliphatic heterocycles.